The van der Waals surface area contributed by atoms with Crippen molar-refractivity contribution in [3.63, 3.8) is 0 Å². The molecule has 2 atom stereocenters. The van der Waals surface area contributed by atoms with Crippen LogP contribution in [0.4, 0.5) is 0 Å². The molecule has 3 aromatic rings. The lowest BCUT2D eigenvalue weighted by molar-refractivity contribution is -0.0261. The fraction of sp³-hybridized carbons (Fsp3) is 0.318. The Labute approximate surface area is 168 Å². The summed E-state index contributed by atoms with van der Waals surface area (Å²) in [4.78, 5) is 21.6. The van der Waals surface area contributed by atoms with E-state index in [9.17, 15) is 9.90 Å². The van der Waals surface area contributed by atoms with E-state index in [2.05, 4.69) is 15.3 Å². The largest absolute Gasteiger partial charge is 0.481 e. The molecule has 1 aliphatic rings. The third-order valence-corrected chi connectivity index (χ3v) is 5.08. The number of para-hydroxylation sites is 1. The molecule has 4 rings (SSSR count). The molecule has 0 unspecified atom stereocenters. The van der Waals surface area contributed by atoms with E-state index < -0.39 is 6.10 Å². The molecular formula is C22H23N3O4. The molecule has 29 heavy (non-hydrogen) atoms. The maximum absolute atomic E-state index is 12.8. The highest BCUT2D eigenvalue weighted by molar-refractivity contribution is 5.96. The zero-order valence-electron chi connectivity index (χ0n) is 16.2. The summed E-state index contributed by atoms with van der Waals surface area (Å²) < 4.78 is 10.3. The highest BCUT2D eigenvalue weighted by atomic mass is 16.5. The number of nitrogens with one attached hydrogen (secondary N) is 1. The average molecular weight is 393 g/mol. The zero-order chi connectivity index (χ0) is 20.2. The maximum atomic E-state index is 12.8. The normalized spacial score (nSPS) is 19.1. The fourth-order valence-corrected chi connectivity index (χ4v) is 3.50. The van der Waals surface area contributed by atoms with Crippen molar-refractivity contribution in [2.75, 3.05) is 20.3 Å². The molecular weight excluding hydrogens is 370 g/mol. The number of aromatic nitrogens is 2. The van der Waals surface area contributed by atoms with Gasteiger partial charge in [0, 0.05) is 24.3 Å². The standard InChI is InChI=1S/C22H23N3O4/c1-28-21-7-6-14(12-23-21)10-15-11-19(24-17-5-3-2-4-16(15)17)22(27)25-18-8-9-29-13-20(18)26/h2-7,11-12,18,20,26H,8-10,13H2,1H3,(H,25,27)/t18-,20-/m0/s1. The highest BCUT2D eigenvalue weighted by Crippen LogP contribution is 2.22. The topological polar surface area (TPSA) is 93.6 Å². The first-order valence-electron chi connectivity index (χ1n) is 9.58. The van der Waals surface area contributed by atoms with Gasteiger partial charge in [-0.1, -0.05) is 24.3 Å². The van der Waals surface area contributed by atoms with Crippen molar-refractivity contribution >= 4 is 16.8 Å². The van der Waals surface area contributed by atoms with Crippen LogP contribution in [0, 0.1) is 0 Å². The Morgan fingerprint density at radius 3 is 2.93 bits per heavy atom. The minimum Gasteiger partial charge on any atom is -0.481 e. The molecule has 2 N–H and O–H groups in total. The SMILES string of the molecule is COc1ccc(Cc2cc(C(=O)N[C@H]3CCOC[C@@H]3O)nc3ccccc23)cn1. The van der Waals surface area contributed by atoms with Gasteiger partial charge in [-0.05, 0) is 36.1 Å². The molecule has 7 nitrogen and oxygen atoms in total. The number of fused-ring (bicyclic) bond motifs is 1. The van der Waals surface area contributed by atoms with Crippen LogP contribution in [0.2, 0.25) is 0 Å². The number of nitrogens with zero attached hydrogens (tertiary/aromatic N) is 2. The first-order valence-corrected chi connectivity index (χ1v) is 9.58. The predicted octanol–water partition coefficient (Wildman–Crippen LogP) is 2.11. The van der Waals surface area contributed by atoms with Gasteiger partial charge < -0.3 is 19.9 Å². The number of pyridine rings is 2. The number of methoxy groups -OCH3 is 1. The minimum absolute atomic E-state index is 0.228. The molecule has 0 spiro atoms. The molecule has 7 heteroatoms. The number of hydrogen-bond donors (Lipinski definition) is 2. The molecule has 1 aliphatic heterocycles. The molecule has 1 aromatic carbocycles. The van der Waals surface area contributed by atoms with Crippen molar-refractivity contribution in [2.45, 2.75) is 25.0 Å². The van der Waals surface area contributed by atoms with E-state index >= 15 is 0 Å². The van der Waals surface area contributed by atoms with Crippen LogP contribution in [0.15, 0.2) is 48.7 Å². The smallest absolute Gasteiger partial charge is 0.270 e. The summed E-state index contributed by atoms with van der Waals surface area (Å²) in [7, 11) is 1.58. The lowest BCUT2D eigenvalue weighted by Gasteiger charge is -2.28. The Hall–Kier alpha value is -3.03. The lowest BCUT2D eigenvalue weighted by Crippen LogP contribution is -2.48. The lowest BCUT2D eigenvalue weighted by atomic mass is 10.0. The second kappa shape index (κ2) is 8.55. The number of amides is 1. The van der Waals surface area contributed by atoms with E-state index in [1.807, 2.05) is 42.5 Å². The van der Waals surface area contributed by atoms with Gasteiger partial charge in [0.25, 0.3) is 5.91 Å². The van der Waals surface area contributed by atoms with Gasteiger partial charge in [0.1, 0.15) is 5.69 Å². The molecule has 1 saturated heterocycles. The van der Waals surface area contributed by atoms with Crippen LogP contribution in [0.3, 0.4) is 0 Å². The Balaban J connectivity index is 1.63. The first-order chi connectivity index (χ1) is 14.1. The predicted molar refractivity (Wildman–Crippen MR) is 108 cm³/mol. The van der Waals surface area contributed by atoms with Gasteiger partial charge in [-0.25, -0.2) is 9.97 Å². The number of ether oxygens (including phenoxy) is 2. The Morgan fingerprint density at radius 2 is 2.17 bits per heavy atom. The number of carbonyl (C=O) groups is 1. The van der Waals surface area contributed by atoms with Gasteiger partial charge in [-0.15, -0.1) is 0 Å². The molecule has 0 saturated carbocycles. The molecule has 0 aliphatic carbocycles. The molecule has 2 aromatic heterocycles. The quantitative estimate of drug-likeness (QED) is 0.690. The zero-order valence-corrected chi connectivity index (χ0v) is 16.2. The van der Waals surface area contributed by atoms with Gasteiger partial charge >= 0.3 is 0 Å². The van der Waals surface area contributed by atoms with E-state index in [0.29, 0.717) is 31.0 Å². The number of hydrogen-bond acceptors (Lipinski definition) is 6. The van der Waals surface area contributed by atoms with Crippen molar-refractivity contribution in [2.24, 2.45) is 0 Å². The van der Waals surface area contributed by atoms with Crippen LogP contribution in [-0.2, 0) is 11.2 Å². The van der Waals surface area contributed by atoms with Crippen molar-refractivity contribution in [3.8, 4) is 5.88 Å². The minimum atomic E-state index is -0.710. The monoisotopic (exact) mass is 393 g/mol. The maximum Gasteiger partial charge on any atom is 0.270 e. The molecule has 150 valence electrons. The summed E-state index contributed by atoms with van der Waals surface area (Å²) in [6.45, 7) is 0.745. The number of benzene rings is 1. The summed E-state index contributed by atoms with van der Waals surface area (Å²) in [5.41, 5.74) is 3.08. The second-order valence-electron chi connectivity index (χ2n) is 7.08. The van der Waals surface area contributed by atoms with Gasteiger partial charge in [0.05, 0.1) is 31.4 Å². The number of carbonyl (C=O) groups excluding carboxylic acids is 1. The van der Waals surface area contributed by atoms with Crippen LogP contribution >= 0.6 is 0 Å². The van der Waals surface area contributed by atoms with Gasteiger partial charge in [-0.2, -0.15) is 0 Å². The Morgan fingerprint density at radius 1 is 1.31 bits per heavy atom. The van der Waals surface area contributed by atoms with E-state index in [1.54, 1.807) is 13.3 Å². The van der Waals surface area contributed by atoms with Crippen molar-refractivity contribution < 1.29 is 19.4 Å². The Bertz CT molecular complexity index is 1010. The number of rotatable bonds is 5. The summed E-state index contributed by atoms with van der Waals surface area (Å²) in [5.74, 6) is 0.263. The van der Waals surface area contributed by atoms with Crippen LogP contribution < -0.4 is 10.1 Å². The molecule has 1 fully saturated rings. The molecule has 0 radical (unpaired) electrons. The molecule has 0 bridgehead atoms. The van der Waals surface area contributed by atoms with Crippen LogP contribution in [0.25, 0.3) is 10.9 Å². The van der Waals surface area contributed by atoms with Crippen molar-refractivity contribution in [1.29, 1.82) is 0 Å². The number of aliphatic hydroxyl groups is 1. The summed E-state index contributed by atoms with van der Waals surface area (Å²) in [6.07, 6.45) is 2.25. The molecule has 3 heterocycles. The summed E-state index contributed by atoms with van der Waals surface area (Å²) in [5, 5.41) is 13.9. The van der Waals surface area contributed by atoms with Crippen LogP contribution in [-0.4, -0.2) is 53.5 Å². The third-order valence-electron chi connectivity index (χ3n) is 5.08. The van der Waals surface area contributed by atoms with E-state index in [4.69, 9.17) is 9.47 Å². The van der Waals surface area contributed by atoms with Crippen LogP contribution in [0.5, 0.6) is 5.88 Å². The van der Waals surface area contributed by atoms with E-state index in [0.717, 1.165) is 22.0 Å². The van der Waals surface area contributed by atoms with Gasteiger partial charge in [-0.3, -0.25) is 4.79 Å². The van der Waals surface area contributed by atoms with Crippen LogP contribution in [0.1, 0.15) is 28.0 Å². The first kappa shape index (κ1) is 19.3. The Kier molecular flexibility index (Phi) is 5.69. The second-order valence-corrected chi connectivity index (χ2v) is 7.08. The van der Waals surface area contributed by atoms with Gasteiger partial charge in [0.15, 0.2) is 0 Å². The molecule has 1 amide bonds. The van der Waals surface area contributed by atoms with Gasteiger partial charge in [0.2, 0.25) is 5.88 Å². The number of aliphatic hydroxyl groups excluding tert-OH is 1. The third kappa shape index (κ3) is 4.36. The van der Waals surface area contributed by atoms with Crippen molar-refractivity contribution in [3.05, 3.63) is 65.5 Å². The highest BCUT2D eigenvalue weighted by Gasteiger charge is 2.26. The van der Waals surface area contributed by atoms with E-state index in [1.165, 1.54) is 0 Å². The summed E-state index contributed by atoms with van der Waals surface area (Å²) in [6, 6.07) is 13.0. The summed E-state index contributed by atoms with van der Waals surface area (Å²) >= 11 is 0. The fourth-order valence-electron chi connectivity index (χ4n) is 3.50. The average Bonchev–Trinajstić information content (AvgIpc) is 2.76. The van der Waals surface area contributed by atoms with Crippen molar-refractivity contribution in [1.82, 2.24) is 15.3 Å². The van der Waals surface area contributed by atoms with E-state index in [-0.39, 0.29) is 18.6 Å².